The monoisotopic (exact) mass is 1240 g/mol. The number of nitrogens with zero attached hydrogens (tertiary/aromatic N) is 4. The number of hydrogen-bond acceptors (Lipinski definition) is 26. The summed E-state index contributed by atoms with van der Waals surface area (Å²) in [5.74, 6) is -2.57. The van der Waals surface area contributed by atoms with Gasteiger partial charge in [0.05, 0.1) is 25.3 Å². The first-order chi connectivity index (χ1) is 30.0. The van der Waals surface area contributed by atoms with Crippen LogP contribution in [0.3, 0.4) is 0 Å². The topological polar surface area (TPSA) is 491 Å². The average molecular weight is 1240 g/mol. The fourth-order valence-electron chi connectivity index (χ4n) is 4.93. The molecule has 0 aliphatic heterocycles. The van der Waals surface area contributed by atoms with E-state index in [1.807, 2.05) is 0 Å². The van der Waals surface area contributed by atoms with Gasteiger partial charge in [0, 0.05) is 46.6 Å². The van der Waals surface area contributed by atoms with Crippen LogP contribution in [0, 0.1) is 19.9 Å². The number of sulfone groups is 2. The maximum absolute atomic E-state index is 12.4. The Balaban J connectivity index is -0.000000662. The van der Waals surface area contributed by atoms with Crippen LogP contribution in [0.25, 0.3) is 21.5 Å². The number of nitrogens with one attached hydrogen (secondary N) is 1. The molecule has 0 amide bonds. The van der Waals surface area contributed by atoms with Crippen LogP contribution in [0.1, 0.15) is 0 Å². The van der Waals surface area contributed by atoms with Crippen molar-refractivity contribution in [3.05, 3.63) is 80.6 Å². The number of azo groups is 2. The summed E-state index contributed by atoms with van der Waals surface area (Å²) in [6.45, 7) is 6.59. The van der Waals surface area contributed by atoms with Crippen LogP contribution in [-0.2, 0) is 88.4 Å². The predicted molar refractivity (Wildman–Crippen MR) is 219 cm³/mol. The van der Waals surface area contributed by atoms with E-state index in [1.165, 1.54) is 31.3 Å². The fraction of sp³-hybridized carbons (Fsp3) is 0.0968. The molecule has 1 radical (unpaired) electrons. The minimum absolute atomic E-state index is 0. The molecule has 0 saturated carbocycles. The summed E-state index contributed by atoms with van der Waals surface area (Å²) >= 11 is 0. The van der Waals surface area contributed by atoms with Crippen molar-refractivity contribution in [1.29, 1.82) is 0 Å². The second-order valence-corrected chi connectivity index (χ2v) is 20.8. The summed E-state index contributed by atoms with van der Waals surface area (Å²) in [5.41, 5.74) is -0.784. The van der Waals surface area contributed by atoms with Crippen LogP contribution >= 0.6 is 0 Å². The molecule has 0 unspecified atom stereocenters. The second kappa shape index (κ2) is 33.3. The molecule has 0 spiro atoms. The SMILES string of the molecule is O=S(=O)([O-])O.O=S(=O)([O-])O.O=S(=O)=O.[CH2-]CS(=O)(=O)c1ccc(N=Nc2c(NC)ccc3c(O)c(N=Nc4ccc5cc(S(=O)(=O)C[CH2-])cc(S(=O)(=O)[O-])c5c4O)[c-]cc23)c(S(=O)(=O)[O-])c1.[Cu].[Na+].[Na+].[Na+].[Na+].[Na+]. The third kappa shape index (κ3) is 25.5. The molecular weight excluding hydrogens is 1210 g/mol. The second-order valence-electron chi connectivity index (χ2n) is 11.7. The first kappa shape index (κ1) is 80.7. The van der Waals surface area contributed by atoms with Gasteiger partial charge in [-0.25, -0.2) is 50.5 Å². The van der Waals surface area contributed by atoms with Gasteiger partial charge in [-0.2, -0.15) is 27.5 Å². The molecule has 0 heterocycles. The molecule has 0 atom stereocenters. The van der Waals surface area contributed by atoms with E-state index >= 15 is 0 Å². The maximum atomic E-state index is 12.4. The normalized spacial score (nSPS) is 11.4. The minimum Gasteiger partial charge on any atom is -0.744 e. The number of rotatable bonds is 11. The summed E-state index contributed by atoms with van der Waals surface area (Å²) in [7, 11) is -30.0. The third-order valence-corrected chi connectivity index (χ3v) is 12.3. The molecular formula is C31H26CuN5Na5O23S7-2. The van der Waals surface area contributed by atoms with Crippen molar-refractivity contribution in [2.75, 3.05) is 23.9 Å². The zero-order valence-electron chi connectivity index (χ0n) is 37.6. The molecule has 5 rings (SSSR count). The molecule has 0 saturated heterocycles. The van der Waals surface area contributed by atoms with Crippen molar-refractivity contribution >= 4 is 121 Å². The molecule has 0 aliphatic rings. The Morgan fingerprint density at radius 2 is 1.03 bits per heavy atom. The number of phenolic OH excluding ortho intramolecular Hbond substituents is 2. The number of phenols is 2. The van der Waals surface area contributed by atoms with Crippen molar-refractivity contribution in [1.82, 2.24) is 0 Å². The smallest absolute Gasteiger partial charge is 0.744 e. The Morgan fingerprint density at radius 3 is 1.47 bits per heavy atom. The van der Waals surface area contributed by atoms with E-state index in [2.05, 4.69) is 45.7 Å². The van der Waals surface area contributed by atoms with Gasteiger partial charge in [0.25, 0.3) is 0 Å². The van der Waals surface area contributed by atoms with Gasteiger partial charge in [-0.3, -0.25) is 9.11 Å². The van der Waals surface area contributed by atoms with E-state index in [-0.39, 0.29) is 198 Å². The number of fused-ring (bicyclic) bond motifs is 2. The van der Waals surface area contributed by atoms with Crippen molar-refractivity contribution in [3.63, 3.8) is 0 Å². The first-order valence-electron chi connectivity index (χ1n) is 16.2. The molecule has 0 aliphatic carbocycles. The van der Waals surface area contributed by atoms with Crippen molar-refractivity contribution in [2.24, 2.45) is 20.5 Å². The quantitative estimate of drug-likeness (QED) is 0.0269. The van der Waals surface area contributed by atoms with E-state index in [4.69, 9.17) is 47.7 Å². The Labute approximate surface area is 534 Å². The Morgan fingerprint density at radius 1 is 0.597 bits per heavy atom. The van der Waals surface area contributed by atoms with Gasteiger partial charge < -0.3 is 47.6 Å². The summed E-state index contributed by atoms with van der Waals surface area (Å²) in [5, 5.41) is 40.3. The van der Waals surface area contributed by atoms with E-state index < -0.39 is 125 Å². The number of anilines is 1. The Hall–Kier alpha value is -0.181. The van der Waals surface area contributed by atoms with E-state index in [0.29, 0.717) is 17.8 Å². The molecule has 5 aromatic carbocycles. The van der Waals surface area contributed by atoms with Crippen molar-refractivity contribution in [3.8, 4) is 11.5 Å². The molecule has 5 N–H and O–H groups in total. The minimum atomic E-state index is -5.32. The molecule has 0 aromatic heterocycles. The number of benzene rings is 5. The molecule has 41 heteroatoms. The van der Waals surface area contributed by atoms with Crippen LogP contribution in [0.4, 0.5) is 28.4 Å². The molecule has 373 valence electrons. The van der Waals surface area contributed by atoms with Gasteiger partial charge >= 0.3 is 158 Å². The van der Waals surface area contributed by atoms with E-state index in [0.717, 1.165) is 24.3 Å². The average Bonchev–Trinajstić information content (AvgIpc) is 3.17. The van der Waals surface area contributed by atoms with Crippen molar-refractivity contribution < 1.29 is 266 Å². The number of aromatic hydroxyl groups is 2. The summed E-state index contributed by atoms with van der Waals surface area (Å²) in [6, 6.07) is 13.6. The van der Waals surface area contributed by atoms with Crippen LogP contribution in [0.15, 0.2) is 101 Å². The van der Waals surface area contributed by atoms with Crippen LogP contribution < -0.4 is 153 Å². The van der Waals surface area contributed by atoms with Gasteiger partial charge in [0.2, 0.25) is 20.8 Å². The van der Waals surface area contributed by atoms with Gasteiger partial charge in [0.1, 0.15) is 31.6 Å². The van der Waals surface area contributed by atoms with Gasteiger partial charge in [0.15, 0.2) is 25.4 Å². The zero-order chi connectivity index (χ0) is 51.0. The van der Waals surface area contributed by atoms with Crippen LogP contribution in [0.5, 0.6) is 11.5 Å². The van der Waals surface area contributed by atoms with Crippen LogP contribution in [0.2, 0.25) is 0 Å². The molecule has 0 bridgehead atoms. The van der Waals surface area contributed by atoms with Gasteiger partial charge in [-0.05, 0) is 47.9 Å². The standard InChI is InChI=1S/C31H26N5O12S4.Cu.5Na.2H2O4S.O3S/c1-4-49(39,40)18-7-11-22(26(15-18)51(43,44)45)33-36-29-20-8-13-24(30(37)21(20)9-12-23(29)32-3)34-35-25-10-6-17-14-19(50(41,42)5-2)16-27(52(46,47)48)28(17)31(25)38;;;;;;;2*1-5(2,3)4;1-4(2)3/h6-12,14-16,32,37-38H,1-2,4-5H2,3H3,(H,43,44,45)(H,46,47,48);;;;;;;2*(H2,1,2,3,4);/q-3;;5*+1;;;/p-4. The largest absolute Gasteiger partial charge is 1.00 e. The summed E-state index contributed by atoms with van der Waals surface area (Å²) in [6.07, 6.45) is 0. The molecule has 72 heavy (non-hydrogen) atoms. The Bertz CT molecular complexity index is 3550. The van der Waals surface area contributed by atoms with Crippen LogP contribution in [-0.4, -0.2) is 119 Å². The first-order valence-corrected chi connectivity index (χ1v) is 26.1. The summed E-state index contributed by atoms with van der Waals surface area (Å²) in [4.78, 5) is -2.92. The van der Waals surface area contributed by atoms with Crippen molar-refractivity contribution in [2.45, 2.75) is 19.6 Å². The summed E-state index contributed by atoms with van der Waals surface area (Å²) < 4.78 is 212. The van der Waals surface area contributed by atoms with Gasteiger partial charge in [-0.15, -0.1) is 17.7 Å². The maximum Gasteiger partial charge on any atom is 1.00 e. The predicted octanol–water partition coefficient (Wildman–Crippen LogP) is -12.9. The van der Waals surface area contributed by atoms with E-state index in [9.17, 15) is 53.0 Å². The molecule has 0 fully saturated rings. The number of hydrogen-bond donors (Lipinski definition) is 5. The zero-order valence-corrected chi connectivity index (χ0v) is 54.3. The third-order valence-electron chi connectivity index (χ3n) is 7.57. The van der Waals surface area contributed by atoms with E-state index in [1.54, 1.807) is 0 Å². The van der Waals surface area contributed by atoms with Gasteiger partial charge in [-0.1, -0.05) is 34.4 Å². The molecule has 28 nitrogen and oxygen atoms in total. The molecule has 5 aromatic rings. The fourth-order valence-corrected chi connectivity index (χ4v) is 8.10. The Kier molecular flexibility index (Phi) is 37.3.